The number of rotatable bonds is 1. The maximum atomic E-state index is 2.37. The van der Waals surface area contributed by atoms with Crippen LogP contribution in [0.5, 0.6) is 0 Å². The third kappa shape index (κ3) is 1.86. The second-order valence-corrected chi connectivity index (χ2v) is 3.57. The maximum absolute atomic E-state index is 2.37. The Hall–Kier alpha value is -0.260. The highest BCUT2D eigenvalue weighted by Crippen LogP contribution is 2.30. The third-order valence-electron chi connectivity index (χ3n) is 2.37. The number of hydrogen-bond acceptors (Lipinski definition) is 0. The van der Waals surface area contributed by atoms with Gasteiger partial charge < -0.3 is 0 Å². The molecule has 0 aromatic heterocycles. The maximum Gasteiger partial charge on any atom is -0.0175 e. The van der Waals surface area contributed by atoms with Gasteiger partial charge in [-0.15, -0.1) is 0 Å². The summed E-state index contributed by atoms with van der Waals surface area (Å²) in [5, 5.41) is 0. The summed E-state index contributed by atoms with van der Waals surface area (Å²) in [5.41, 5.74) is 1.57. The molecule has 0 bridgehead atoms. The van der Waals surface area contributed by atoms with Crippen LogP contribution in [0.15, 0.2) is 11.6 Å². The van der Waals surface area contributed by atoms with Crippen molar-refractivity contribution in [2.75, 3.05) is 0 Å². The standard InChI is InChI=1S/C10H17/c1-8(2)10-6-4-9(3)5-7-10/h4,8H,5-7H2,1-3H3. The first-order valence-corrected chi connectivity index (χ1v) is 4.20. The van der Waals surface area contributed by atoms with Crippen molar-refractivity contribution in [1.82, 2.24) is 0 Å². The van der Waals surface area contributed by atoms with Gasteiger partial charge in [0, 0.05) is 0 Å². The van der Waals surface area contributed by atoms with E-state index in [2.05, 4.69) is 26.8 Å². The molecule has 0 aromatic carbocycles. The Morgan fingerprint density at radius 3 is 2.40 bits per heavy atom. The SMILES string of the molecule is CC1=CC[C](C(C)C)CC1. The van der Waals surface area contributed by atoms with E-state index in [1.807, 2.05) is 0 Å². The highest BCUT2D eigenvalue weighted by atomic mass is 14.2. The fourth-order valence-corrected chi connectivity index (χ4v) is 1.39. The zero-order valence-electron chi connectivity index (χ0n) is 7.28. The summed E-state index contributed by atoms with van der Waals surface area (Å²) < 4.78 is 0. The van der Waals surface area contributed by atoms with E-state index in [9.17, 15) is 0 Å². The molecular formula is C10H17. The lowest BCUT2D eigenvalue weighted by Crippen LogP contribution is -2.08. The molecular weight excluding hydrogens is 120 g/mol. The van der Waals surface area contributed by atoms with Gasteiger partial charge in [0.05, 0.1) is 0 Å². The van der Waals surface area contributed by atoms with Gasteiger partial charge in [-0.05, 0) is 38.0 Å². The van der Waals surface area contributed by atoms with Gasteiger partial charge in [-0.25, -0.2) is 0 Å². The minimum Gasteiger partial charge on any atom is -0.0850 e. The molecule has 0 N–H and O–H groups in total. The number of hydrogen-bond donors (Lipinski definition) is 0. The fourth-order valence-electron chi connectivity index (χ4n) is 1.39. The van der Waals surface area contributed by atoms with Gasteiger partial charge in [0.1, 0.15) is 0 Å². The lowest BCUT2D eigenvalue weighted by atomic mass is 9.83. The minimum atomic E-state index is 0.796. The Labute approximate surface area is 64.3 Å². The Kier molecular flexibility index (Phi) is 2.53. The molecule has 0 amide bonds. The van der Waals surface area contributed by atoms with Crippen LogP contribution in [0.25, 0.3) is 0 Å². The predicted octanol–water partition coefficient (Wildman–Crippen LogP) is 3.35. The molecule has 0 aromatic rings. The van der Waals surface area contributed by atoms with Gasteiger partial charge in [0.15, 0.2) is 0 Å². The van der Waals surface area contributed by atoms with Gasteiger partial charge in [-0.2, -0.15) is 0 Å². The summed E-state index contributed by atoms with van der Waals surface area (Å²) in [4.78, 5) is 0. The van der Waals surface area contributed by atoms with E-state index < -0.39 is 0 Å². The lowest BCUT2D eigenvalue weighted by molar-refractivity contribution is 0.562. The summed E-state index contributed by atoms with van der Waals surface area (Å²) in [6, 6.07) is 0. The lowest BCUT2D eigenvalue weighted by Gasteiger charge is -2.22. The molecule has 0 atom stereocenters. The summed E-state index contributed by atoms with van der Waals surface area (Å²) in [7, 11) is 0. The average Bonchev–Trinajstić information content (AvgIpc) is 1.88. The Morgan fingerprint density at radius 1 is 1.30 bits per heavy atom. The normalized spacial score (nSPS) is 21.4. The molecule has 0 heteroatoms. The molecule has 0 heterocycles. The zero-order valence-corrected chi connectivity index (χ0v) is 7.28. The molecule has 0 unspecified atom stereocenters. The van der Waals surface area contributed by atoms with Crippen LogP contribution >= 0.6 is 0 Å². The largest absolute Gasteiger partial charge is 0.0850 e. The van der Waals surface area contributed by atoms with Crippen LogP contribution in [0.2, 0.25) is 0 Å². The van der Waals surface area contributed by atoms with Crippen LogP contribution in [0.3, 0.4) is 0 Å². The molecule has 0 saturated carbocycles. The van der Waals surface area contributed by atoms with Crippen molar-refractivity contribution in [2.24, 2.45) is 5.92 Å². The summed E-state index contributed by atoms with van der Waals surface area (Å²) >= 11 is 0. The van der Waals surface area contributed by atoms with Gasteiger partial charge in [-0.3, -0.25) is 0 Å². The molecule has 57 valence electrons. The van der Waals surface area contributed by atoms with Crippen molar-refractivity contribution >= 4 is 0 Å². The van der Waals surface area contributed by atoms with E-state index in [-0.39, 0.29) is 0 Å². The van der Waals surface area contributed by atoms with Crippen LogP contribution in [-0.4, -0.2) is 0 Å². The van der Waals surface area contributed by atoms with Crippen LogP contribution < -0.4 is 0 Å². The quantitative estimate of drug-likeness (QED) is 0.486. The van der Waals surface area contributed by atoms with E-state index in [0.717, 1.165) is 5.92 Å². The molecule has 0 saturated heterocycles. The molecule has 0 spiro atoms. The first-order chi connectivity index (χ1) is 4.70. The third-order valence-corrected chi connectivity index (χ3v) is 2.37. The molecule has 0 aliphatic heterocycles. The van der Waals surface area contributed by atoms with Crippen LogP contribution in [-0.2, 0) is 0 Å². The van der Waals surface area contributed by atoms with E-state index in [1.165, 1.54) is 19.3 Å². The second-order valence-electron chi connectivity index (χ2n) is 3.57. The summed E-state index contributed by atoms with van der Waals surface area (Å²) in [6.45, 7) is 6.82. The molecule has 0 fully saturated rings. The second kappa shape index (κ2) is 3.23. The topological polar surface area (TPSA) is 0 Å². The van der Waals surface area contributed by atoms with Crippen molar-refractivity contribution in [2.45, 2.75) is 40.0 Å². The smallest absolute Gasteiger partial charge is 0.0175 e. The predicted molar refractivity (Wildman–Crippen MR) is 45.7 cm³/mol. The van der Waals surface area contributed by atoms with Crippen molar-refractivity contribution in [3.8, 4) is 0 Å². The summed E-state index contributed by atoms with van der Waals surface area (Å²) in [5.74, 6) is 2.52. The van der Waals surface area contributed by atoms with Crippen molar-refractivity contribution in [1.29, 1.82) is 0 Å². The Balaban J connectivity index is 2.42. The molecule has 1 aliphatic rings. The van der Waals surface area contributed by atoms with E-state index in [0.29, 0.717) is 0 Å². The van der Waals surface area contributed by atoms with Gasteiger partial charge in [0.25, 0.3) is 0 Å². The number of allylic oxidation sites excluding steroid dienone is 2. The first-order valence-electron chi connectivity index (χ1n) is 4.20. The van der Waals surface area contributed by atoms with Crippen LogP contribution in [0.1, 0.15) is 40.0 Å². The van der Waals surface area contributed by atoms with Crippen molar-refractivity contribution in [3.63, 3.8) is 0 Å². The molecule has 10 heavy (non-hydrogen) atoms. The highest BCUT2D eigenvalue weighted by Gasteiger charge is 2.15. The van der Waals surface area contributed by atoms with E-state index >= 15 is 0 Å². The first kappa shape index (κ1) is 7.84. The highest BCUT2D eigenvalue weighted by molar-refractivity contribution is 5.13. The zero-order chi connectivity index (χ0) is 7.56. The molecule has 1 rings (SSSR count). The van der Waals surface area contributed by atoms with Crippen LogP contribution in [0.4, 0.5) is 0 Å². The van der Waals surface area contributed by atoms with Gasteiger partial charge in [0.2, 0.25) is 0 Å². The van der Waals surface area contributed by atoms with Gasteiger partial charge >= 0.3 is 0 Å². The molecule has 0 nitrogen and oxygen atoms in total. The van der Waals surface area contributed by atoms with Gasteiger partial charge in [-0.1, -0.05) is 25.5 Å². The Bertz CT molecular complexity index is 131. The molecule has 1 radical (unpaired) electrons. The van der Waals surface area contributed by atoms with E-state index in [1.54, 1.807) is 11.5 Å². The molecule has 1 aliphatic carbocycles. The average molecular weight is 137 g/mol. The minimum absolute atomic E-state index is 0.796. The fraction of sp³-hybridized carbons (Fsp3) is 0.700. The van der Waals surface area contributed by atoms with Crippen molar-refractivity contribution < 1.29 is 0 Å². The monoisotopic (exact) mass is 137 g/mol. The van der Waals surface area contributed by atoms with Crippen LogP contribution in [0, 0.1) is 11.8 Å². The summed E-state index contributed by atoms with van der Waals surface area (Å²) in [6.07, 6.45) is 6.25. The van der Waals surface area contributed by atoms with E-state index in [4.69, 9.17) is 0 Å². The van der Waals surface area contributed by atoms with Crippen molar-refractivity contribution in [3.05, 3.63) is 17.6 Å². The Morgan fingerprint density at radius 2 is 2.00 bits per heavy atom.